The third-order valence-electron chi connectivity index (χ3n) is 5.93. The molecule has 0 amide bonds. The van der Waals surface area contributed by atoms with E-state index in [9.17, 15) is 10.2 Å². The van der Waals surface area contributed by atoms with Crippen LogP contribution in [0.15, 0.2) is 36.4 Å². The predicted molar refractivity (Wildman–Crippen MR) is 128 cm³/mol. The van der Waals surface area contributed by atoms with Crippen molar-refractivity contribution in [3.8, 4) is 11.5 Å². The van der Waals surface area contributed by atoms with Crippen molar-refractivity contribution < 1.29 is 19.7 Å². The van der Waals surface area contributed by atoms with Crippen molar-refractivity contribution in [2.75, 3.05) is 52.5 Å². The molecule has 0 aromatic heterocycles. The molecule has 6 heteroatoms. The van der Waals surface area contributed by atoms with Crippen molar-refractivity contribution >= 4 is 0 Å². The number of aliphatic hydroxyl groups is 2. The van der Waals surface area contributed by atoms with E-state index in [-0.39, 0.29) is 0 Å². The second-order valence-electron chi connectivity index (χ2n) is 9.07. The normalized spacial score (nSPS) is 17.2. The molecule has 0 saturated carbocycles. The highest BCUT2D eigenvalue weighted by atomic mass is 16.5. The number of aryl methyl sites for hydroxylation is 4. The van der Waals surface area contributed by atoms with Crippen molar-refractivity contribution in [2.24, 2.45) is 0 Å². The van der Waals surface area contributed by atoms with Gasteiger partial charge in [-0.05, 0) is 51.0 Å². The summed E-state index contributed by atoms with van der Waals surface area (Å²) < 4.78 is 11.6. The van der Waals surface area contributed by atoms with Crippen LogP contribution in [-0.4, -0.2) is 84.7 Å². The van der Waals surface area contributed by atoms with Crippen LogP contribution in [-0.2, 0) is 0 Å². The lowest BCUT2D eigenvalue weighted by Crippen LogP contribution is -2.51. The molecule has 2 aromatic carbocycles. The molecule has 3 rings (SSSR count). The van der Waals surface area contributed by atoms with Crippen molar-refractivity contribution in [2.45, 2.75) is 39.9 Å². The molecule has 1 aliphatic heterocycles. The second kappa shape index (κ2) is 11.7. The van der Waals surface area contributed by atoms with Gasteiger partial charge in [0.25, 0.3) is 0 Å². The van der Waals surface area contributed by atoms with E-state index in [1.165, 1.54) is 11.1 Å². The van der Waals surface area contributed by atoms with E-state index < -0.39 is 12.2 Å². The van der Waals surface area contributed by atoms with Gasteiger partial charge in [-0.1, -0.05) is 35.4 Å². The Morgan fingerprint density at radius 3 is 1.41 bits per heavy atom. The Bertz CT molecular complexity index is 793. The van der Waals surface area contributed by atoms with Gasteiger partial charge in [-0.15, -0.1) is 0 Å². The summed E-state index contributed by atoms with van der Waals surface area (Å²) >= 11 is 0. The topological polar surface area (TPSA) is 65.4 Å². The fourth-order valence-electron chi connectivity index (χ4n) is 4.15. The van der Waals surface area contributed by atoms with Gasteiger partial charge in [-0.25, -0.2) is 0 Å². The number of nitrogens with zero attached hydrogens (tertiary/aromatic N) is 2. The van der Waals surface area contributed by atoms with E-state index in [2.05, 4.69) is 35.8 Å². The minimum Gasteiger partial charge on any atom is -0.491 e. The second-order valence-corrected chi connectivity index (χ2v) is 9.07. The first-order valence-corrected chi connectivity index (χ1v) is 11.5. The molecule has 2 atom stereocenters. The molecular formula is C26H38N2O4. The largest absolute Gasteiger partial charge is 0.491 e. The first kappa shape index (κ1) is 24.5. The molecule has 2 aromatic rings. The molecule has 176 valence electrons. The predicted octanol–water partition coefficient (Wildman–Crippen LogP) is 2.72. The number of benzene rings is 2. The molecule has 32 heavy (non-hydrogen) atoms. The van der Waals surface area contributed by atoms with Gasteiger partial charge in [0.2, 0.25) is 0 Å². The number of hydrogen-bond acceptors (Lipinski definition) is 6. The zero-order chi connectivity index (χ0) is 23.1. The van der Waals surface area contributed by atoms with E-state index in [0.717, 1.165) is 48.8 Å². The third-order valence-corrected chi connectivity index (χ3v) is 5.93. The molecule has 6 nitrogen and oxygen atoms in total. The molecule has 0 radical (unpaired) electrons. The van der Waals surface area contributed by atoms with E-state index in [1.54, 1.807) is 0 Å². The molecule has 2 N–H and O–H groups in total. The van der Waals surface area contributed by atoms with Crippen LogP contribution in [0.5, 0.6) is 11.5 Å². The number of ether oxygens (including phenoxy) is 2. The minimum atomic E-state index is -0.529. The number of aliphatic hydroxyl groups excluding tert-OH is 2. The highest BCUT2D eigenvalue weighted by Gasteiger charge is 2.21. The smallest absolute Gasteiger partial charge is 0.122 e. The van der Waals surface area contributed by atoms with Gasteiger partial charge in [-0.3, -0.25) is 9.80 Å². The summed E-state index contributed by atoms with van der Waals surface area (Å²) in [5, 5.41) is 20.8. The van der Waals surface area contributed by atoms with Gasteiger partial charge in [0.05, 0.1) is 0 Å². The first-order chi connectivity index (χ1) is 15.3. The number of piperazine rings is 1. The summed E-state index contributed by atoms with van der Waals surface area (Å²) in [6, 6.07) is 12.1. The van der Waals surface area contributed by atoms with Gasteiger partial charge in [0.15, 0.2) is 0 Å². The Morgan fingerprint density at radius 1 is 0.688 bits per heavy atom. The van der Waals surface area contributed by atoms with Crippen LogP contribution in [0.4, 0.5) is 0 Å². The minimum absolute atomic E-state index is 0.290. The van der Waals surface area contributed by atoms with E-state index in [1.807, 2.05) is 38.1 Å². The Kier molecular flexibility index (Phi) is 8.93. The average molecular weight is 443 g/mol. The van der Waals surface area contributed by atoms with Crippen molar-refractivity contribution in [1.29, 1.82) is 0 Å². The van der Waals surface area contributed by atoms with E-state index >= 15 is 0 Å². The number of hydrogen-bond donors (Lipinski definition) is 2. The number of rotatable bonds is 10. The van der Waals surface area contributed by atoms with Crippen molar-refractivity contribution in [3.63, 3.8) is 0 Å². The van der Waals surface area contributed by atoms with Crippen LogP contribution in [0, 0.1) is 27.7 Å². The van der Waals surface area contributed by atoms with Crippen LogP contribution in [0.2, 0.25) is 0 Å². The number of β-amino-alcohol motifs (C(OH)–C–C–N with tert-alkyl or cyclic N) is 2. The molecule has 1 heterocycles. The summed E-state index contributed by atoms with van der Waals surface area (Å²) in [5.74, 6) is 1.66. The maximum atomic E-state index is 10.4. The van der Waals surface area contributed by atoms with Gasteiger partial charge in [0, 0.05) is 39.3 Å². The maximum absolute atomic E-state index is 10.4. The average Bonchev–Trinajstić information content (AvgIpc) is 2.74. The molecule has 0 unspecified atom stereocenters. The van der Waals surface area contributed by atoms with Crippen molar-refractivity contribution in [3.05, 3.63) is 58.7 Å². The quantitative estimate of drug-likeness (QED) is 0.590. The highest BCUT2D eigenvalue weighted by molar-refractivity contribution is 5.36. The zero-order valence-corrected chi connectivity index (χ0v) is 19.9. The fourth-order valence-corrected chi connectivity index (χ4v) is 4.15. The lowest BCUT2D eigenvalue weighted by atomic mass is 10.1. The Labute approximate surface area is 192 Å². The Balaban J connectivity index is 1.33. The molecule has 0 aliphatic carbocycles. The fraction of sp³-hybridized carbons (Fsp3) is 0.538. The van der Waals surface area contributed by atoms with Gasteiger partial charge in [0.1, 0.15) is 36.9 Å². The van der Waals surface area contributed by atoms with Crippen LogP contribution in [0.25, 0.3) is 0 Å². The summed E-state index contributed by atoms with van der Waals surface area (Å²) in [7, 11) is 0. The van der Waals surface area contributed by atoms with Crippen molar-refractivity contribution in [1.82, 2.24) is 9.80 Å². The summed E-state index contributed by atoms with van der Waals surface area (Å²) in [5.41, 5.74) is 4.59. The highest BCUT2D eigenvalue weighted by Crippen LogP contribution is 2.20. The first-order valence-electron chi connectivity index (χ1n) is 11.5. The molecule has 1 aliphatic rings. The maximum Gasteiger partial charge on any atom is 0.122 e. The zero-order valence-electron chi connectivity index (χ0n) is 19.9. The monoisotopic (exact) mass is 442 g/mol. The standard InChI is InChI=1S/C26H38N2O4/c1-19-5-7-25(21(3)13-19)31-17-23(29)15-27-9-11-28(12-10-27)16-24(30)18-32-26-8-6-20(2)14-22(26)4/h5-8,13-14,23-24,29-30H,9-12,15-18H2,1-4H3/t23-,24-/m1/s1. The third kappa shape index (κ3) is 7.48. The summed E-state index contributed by atoms with van der Waals surface area (Å²) in [4.78, 5) is 4.51. The SMILES string of the molecule is Cc1ccc(OC[C@H](O)CN2CCN(C[C@@H](O)COc3ccc(C)cc3C)CC2)c(C)c1. The Morgan fingerprint density at radius 2 is 1.06 bits per heavy atom. The van der Waals surface area contributed by atoms with Gasteiger partial charge < -0.3 is 19.7 Å². The van der Waals surface area contributed by atoms with Crippen LogP contribution >= 0.6 is 0 Å². The molecule has 1 saturated heterocycles. The van der Waals surface area contributed by atoms with E-state index in [0.29, 0.717) is 26.3 Å². The van der Waals surface area contributed by atoms with E-state index in [4.69, 9.17) is 9.47 Å². The molecular weight excluding hydrogens is 404 g/mol. The van der Waals surface area contributed by atoms with Gasteiger partial charge >= 0.3 is 0 Å². The molecule has 0 spiro atoms. The molecule has 0 bridgehead atoms. The molecule has 1 fully saturated rings. The Hall–Kier alpha value is -2.12. The van der Waals surface area contributed by atoms with Crippen LogP contribution in [0.3, 0.4) is 0 Å². The lowest BCUT2D eigenvalue weighted by molar-refractivity contribution is 0.0239. The summed E-state index contributed by atoms with van der Waals surface area (Å²) in [6.45, 7) is 13.4. The lowest BCUT2D eigenvalue weighted by Gasteiger charge is -2.36. The van der Waals surface area contributed by atoms with Crippen LogP contribution < -0.4 is 9.47 Å². The van der Waals surface area contributed by atoms with Crippen LogP contribution in [0.1, 0.15) is 22.3 Å². The van der Waals surface area contributed by atoms with Gasteiger partial charge in [-0.2, -0.15) is 0 Å². The summed E-state index contributed by atoms with van der Waals surface area (Å²) in [6.07, 6.45) is -1.06.